The predicted octanol–water partition coefficient (Wildman–Crippen LogP) is 2.62. The Morgan fingerprint density at radius 3 is 2.82 bits per heavy atom. The van der Waals surface area contributed by atoms with E-state index in [4.69, 9.17) is 9.47 Å². The molecular formula is C14H18O3. The van der Waals surface area contributed by atoms with Crippen LogP contribution in [0, 0.1) is 0 Å². The van der Waals surface area contributed by atoms with Gasteiger partial charge >= 0.3 is 0 Å². The Bertz CT molecular complexity index is 410. The lowest BCUT2D eigenvalue weighted by Crippen LogP contribution is -2.11. The standard InChI is InChI=1S/C14H18O3/c1-10(2)16-8-9-17-14-5-3-4-11-12(14)6-7-13(11)15/h3-5,10H,6-9H2,1-2H3. The molecule has 0 unspecified atom stereocenters. The summed E-state index contributed by atoms with van der Waals surface area (Å²) in [7, 11) is 0. The molecule has 0 aromatic heterocycles. The molecule has 1 aliphatic rings. The highest BCUT2D eigenvalue weighted by Crippen LogP contribution is 2.30. The van der Waals surface area contributed by atoms with E-state index in [-0.39, 0.29) is 11.9 Å². The van der Waals surface area contributed by atoms with E-state index < -0.39 is 0 Å². The van der Waals surface area contributed by atoms with Gasteiger partial charge in [-0.2, -0.15) is 0 Å². The van der Waals surface area contributed by atoms with Gasteiger partial charge in [0.2, 0.25) is 0 Å². The molecule has 1 aliphatic carbocycles. The van der Waals surface area contributed by atoms with Crippen molar-refractivity contribution in [3.8, 4) is 5.75 Å². The van der Waals surface area contributed by atoms with Gasteiger partial charge in [-0.15, -0.1) is 0 Å². The van der Waals surface area contributed by atoms with Gasteiger partial charge in [0.05, 0.1) is 12.7 Å². The lowest BCUT2D eigenvalue weighted by molar-refractivity contribution is 0.0551. The molecule has 0 saturated heterocycles. The number of carbonyl (C=O) groups is 1. The van der Waals surface area contributed by atoms with Crippen molar-refractivity contribution in [3.63, 3.8) is 0 Å². The number of carbonyl (C=O) groups excluding carboxylic acids is 1. The average Bonchev–Trinajstić information content (AvgIpc) is 2.67. The van der Waals surface area contributed by atoms with Crippen LogP contribution in [0.1, 0.15) is 36.2 Å². The van der Waals surface area contributed by atoms with E-state index in [9.17, 15) is 4.79 Å². The highest BCUT2D eigenvalue weighted by molar-refractivity contribution is 6.01. The summed E-state index contributed by atoms with van der Waals surface area (Å²) < 4.78 is 11.1. The largest absolute Gasteiger partial charge is 0.491 e. The number of fused-ring (bicyclic) bond motifs is 1. The van der Waals surface area contributed by atoms with Crippen molar-refractivity contribution in [1.29, 1.82) is 0 Å². The first-order valence-corrected chi connectivity index (χ1v) is 6.08. The maximum atomic E-state index is 11.6. The number of hydrogen-bond acceptors (Lipinski definition) is 3. The molecule has 0 aliphatic heterocycles. The Hall–Kier alpha value is -1.35. The molecule has 0 N–H and O–H groups in total. The van der Waals surface area contributed by atoms with Crippen LogP contribution in [0.2, 0.25) is 0 Å². The number of benzene rings is 1. The molecule has 3 heteroatoms. The molecule has 0 saturated carbocycles. The van der Waals surface area contributed by atoms with Gasteiger partial charge in [0.25, 0.3) is 0 Å². The lowest BCUT2D eigenvalue weighted by atomic mass is 10.1. The van der Waals surface area contributed by atoms with Gasteiger partial charge in [-0.1, -0.05) is 12.1 Å². The van der Waals surface area contributed by atoms with Gasteiger partial charge in [0.1, 0.15) is 12.4 Å². The van der Waals surface area contributed by atoms with Gasteiger partial charge in [-0.3, -0.25) is 4.79 Å². The third-order valence-corrected chi connectivity index (χ3v) is 2.83. The van der Waals surface area contributed by atoms with Crippen molar-refractivity contribution < 1.29 is 14.3 Å². The molecule has 3 nitrogen and oxygen atoms in total. The fourth-order valence-corrected chi connectivity index (χ4v) is 2.03. The zero-order valence-electron chi connectivity index (χ0n) is 10.4. The summed E-state index contributed by atoms with van der Waals surface area (Å²) in [5, 5.41) is 0. The van der Waals surface area contributed by atoms with E-state index in [2.05, 4.69) is 0 Å². The summed E-state index contributed by atoms with van der Waals surface area (Å²) in [5.41, 5.74) is 1.88. The van der Waals surface area contributed by atoms with Gasteiger partial charge in [-0.05, 0) is 26.3 Å². The van der Waals surface area contributed by atoms with E-state index in [1.54, 1.807) is 0 Å². The third kappa shape index (κ3) is 2.86. The van der Waals surface area contributed by atoms with Gasteiger partial charge in [0, 0.05) is 17.5 Å². The molecule has 2 rings (SSSR count). The zero-order valence-corrected chi connectivity index (χ0v) is 10.4. The quantitative estimate of drug-likeness (QED) is 0.735. The van der Waals surface area contributed by atoms with E-state index in [1.165, 1.54) is 0 Å². The minimum absolute atomic E-state index is 0.224. The Morgan fingerprint density at radius 2 is 2.06 bits per heavy atom. The maximum absolute atomic E-state index is 11.6. The fraction of sp³-hybridized carbons (Fsp3) is 0.500. The van der Waals surface area contributed by atoms with Crippen LogP contribution in [-0.2, 0) is 11.2 Å². The van der Waals surface area contributed by atoms with E-state index in [1.807, 2.05) is 32.0 Å². The summed E-state index contributed by atoms with van der Waals surface area (Å²) in [6.07, 6.45) is 1.63. The second kappa shape index (κ2) is 5.32. The third-order valence-electron chi connectivity index (χ3n) is 2.83. The van der Waals surface area contributed by atoms with Crippen molar-refractivity contribution in [1.82, 2.24) is 0 Å². The minimum Gasteiger partial charge on any atom is -0.491 e. The Kier molecular flexibility index (Phi) is 3.79. The number of ketones is 1. The average molecular weight is 234 g/mol. The summed E-state index contributed by atoms with van der Waals surface area (Å²) >= 11 is 0. The summed E-state index contributed by atoms with van der Waals surface area (Å²) in [5.74, 6) is 1.06. The van der Waals surface area contributed by atoms with Gasteiger partial charge in [0.15, 0.2) is 5.78 Å². The van der Waals surface area contributed by atoms with E-state index >= 15 is 0 Å². The van der Waals surface area contributed by atoms with Gasteiger partial charge < -0.3 is 9.47 Å². The molecule has 0 amide bonds. The van der Waals surface area contributed by atoms with Crippen LogP contribution in [0.5, 0.6) is 5.75 Å². The topological polar surface area (TPSA) is 35.5 Å². The molecule has 0 fully saturated rings. The van der Waals surface area contributed by atoms with Crippen molar-refractivity contribution in [2.75, 3.05) is 13.2 Å². The van der Waals surface area contributed by atoms with Crippen LogP contribution in [0.3, 0.4) is 0 Å². The molecule has 1 aromatic carbocycles. The Balaban J connectivity index is 1.96. The number of Topliss-reactive ketones (excluding diaryl/α,β-unsaturated/α-hetero) is 1. The van der Waals surface area contributed by atoms with E-state index in [0.717, 1.165) is 23.3 Å². The van der Waals surface area contributed by atoms with Gasteiger partial charge in [-0.25, -0.2) is 0 Å². The normalized spacial score (nSPS) is 14.2. The first-order chi connectivity index (χ1) is 8.18. The number of rotatable bonds is 5. The summed E-state index contributed by atoms with van der Waals surface area (Å²) in [6, 6.07) is 5.68. The fourth-order valence-electron chi connectivity index (χ4n) is 2.03. The molecule has 92 valence electrons. The molecule has 1 aromatic rings. The van der Waals surface area contributed by atoms with Crippen molar-refractivity contribution in [3.05, 3.63) is 29.3 Å². The number of ether oxygens (including phenoxy) is 2. The highest BCUT2D eigenvalue weighted by Gasteiger charge is 2.22. The molecule has 17 heavy (non-hydrogen) atoms. The Morgan fingerprint density at radius 1 is 1.24 bits per heavy atom. The summed E-state index contributed by atoms with van der Waals surface area (Å²) in [6.45, 7) is 5.11. The van der Waals surface area contributed by atoms with Crippen LogP contribution in [0.25, 0.3) is 0 Å². The minimum atomic E-state index is 0.224. The van der Waals surface area contributed by atoms with Crippen LogP contribution >= 0.6 is 0 Å². The predicted molar refractivity (Wildman–Crippen MR) is 65.7 cm³/mol. The highest BCUT2D eigenvalue weighted by atomic mass is 16.5. The SMILES string of the molecule is CC(C)OCCOc1cccc2c1CCC2=O. The molecule has 0 atom stereocenters. The maximum Gasteiger partial charge on any atom is 0.163 e. The van der Waals surface area contributed by atoms with Crippen molar-refractivity contribution in [2.24, 2.45) is 0 Å². The monoisotopic (exact) mass is 234 g/mol. The Labute approximate surface area is 102 Å². The van der Waals surface area contributed by atoms with Crippen molar-refractivity contribution >= 4 is 5.78 Å². The van der Waals surface area contributed by atoms with Crippen LogP contribution in [0.4, 0.5) is 0 Å². The second-order valence-corrected chi connectivity index (χ2v) is 4.47. The van der Waals surface area contributed by atoms with Crippen LogP contribution in [0.15, 0.2) is 18.2 Å². The second-order valence-electron chi connectivity index (χ2n) is 4.47. The molecule has 0 radical (unpaired) electrons. The molecule has 0 bridgehead atoms. The van der Waals surface area contributed by atoms with Crippen LogP contribution in [-0.4, -0.2) is 25.1 Å². The molecular weight excluding hydrogens is 216 g/mol. The van der Waals surface area contributed by atoms with E-state index in [0.29, 0.717) is 19.6 Å². The first-order valence-electron chi connectivity index (χ1n) is 6.08. The summed E-state index contributed by atoms with van der Waals surface area (Å²) in [4.78, 5) is 11.6. The first kappa shape index (κ1) is 12.1. The smallest absolute Gasteiger partial charge is 0.163 e. The zero-order chi connectivity index (χ0) is 12.3. The lowest BCUT2D eigenvalue weighted by Gasteiger charge is -2.11. The number of hydrogen-bond donors (Lipinski definition) is 0. The molecule has 0 heterocycles. The van der Waals surface area contributed by atoms with Crippen molar-refractivity contribution in [2.45, 2.75) is 32.8 Å². The molecule has 0 spiro atoms. The van der Waals surface area contributed by atoms with Crippen LogP contribution < -0.4 is 4.74 Å².